The molecule has 2 aliphatic rings. The van der Waals surface area contributed by atoms with E-state index >= 15 is 0 Å². The minimum Gasteiger partial charge on any atom is -0.482 e. The molecule has 164 valence electrons. The molecular weight excluding hydrogens is 400 g/mol. The van der Waals surface area contributed by atoms with Crippen LogP contribution in [0.25, 0.3) is 28.1 Å². The molecule has 6 heteroatoms. The van der Waals surface area contributed by atoms with Gasteiger partial charge in [0.2, 0.25) is 0 Å². The van der Waals surface area contributed by atoms with Gasteiger partial charge in [0.1, 0.15) is 23.3 Å². The number of hydrogen-bond acceptors (Lipinski definition) is 4. The number of aryl methyl sites for hydroxylation is 1. The fourth-order valence-corrected chi connectivity index (χ4v) is 4.94. The Labute approximate surface area is 187 Å². The molecule has 0 atom stereocenters. The van der Waals surface area contributed by atoms with Gasteiger partial charge in [-0.15, -0.1) is 0 Å². The lowest BCUT2D eigenvalue weighted by atomic mass is 9.81. The van der Waals surface area contributed by atoms with Crippen molar-refractivity contribution >= 4 is 23.0 Å². The standard InChI is InChI=1S/C26H28N4O2/c1-3-20-10-9-19-13-21(29(26(19)27-20)14-16-7-8-16)24-25(18-5-4-6-18)30-22(28-24)11-17(15-31)12-23(30)32-2/h9-13,15-16,18H,3-8,14H2,1-2H3. The number of methoxy groups -OCH3 is 1. The number of imidazole rings is 1. The van der Waals surface area contributed by atoms with Crippen LogP contribution in [0.15, 0.2) is 30.3 Å². The van der Waals surface area contributed by atoms with E-state index in [1.54, 1.807) is 7.11 Å². The number of ether oxygens (including phenoxy) is 1. The predicted molar refractivity (Wildman–Crippen MR) is 125 cm³/mol. The summed E-state index contributed by atoms with van der Waals surface area (Å²) < 4.78 is 10.2. The Balaban J connectivity index is 1.64. The highest BCUT2D eigenvalue weighted by atomic mass is 16.5. The van der Waals surface area contributed by atoms with Crippen LogP contribution in [0.5, 0.6) is 5.88 Å². The Hall–Kier alpha value is -3.15. The maximum atomic E-state index is 11.5. The highest BCUT2D eigenvalue weighted by Gasteiger charge is 2.32. The molecule has 2 saturated carbocycles. The SMILES string of the molecule is CCc1ccc2cc(-c3nc4cc(C=O)cc(OC)n4c3C3CCC3)n(CC3CC3)c2n1. The second kappa shape index (κ2) is 7.47. The fourth-order valence-electron chi connectivity index (χ4n) is 4.94. The van der Waals surface area contributed by atoms with E-state index in [0.29, 0.717) is 17.4 Å². The summed E-state index contributed by atoms with van der Waals surface area (Å²) in [5, 5.41) is 1.16. The van der Waals surface area contributed by atoms with Gasteiger partial charge in [0.25, 0.3) is 0 Å². The lowest BCUT2D eigenvalue weighted by molar-refractivity contribution is 0.112. The van der Waals surface area contributed by atoms with Crippen molar-refractivity contribution in [3.05, 3.63) is 47.3 Å². The van der Waals surface area contributed by atoms with Crippen molar-refractivity contribution in [3.63, 3.8) is 0 Å². The van der Waals surface area contributed by atoms with Crippen molar-refractivity contribution < 1.29 is 9.53 Å². The van der Waals surface area contributed by atoms with Gasteiger partial charge < -0.3 is 9.30 Å². The predicted octanol–water partition coefficient (Wildman–Crippen LogP) is 5.41. The third kappa shape index (κ3) is 3.04. The third-order valence-corrected chi connectivity index (χ3v) is 7.13. The number of aldehydes is 1. The van der Waals surface area contributed by atoms with Crippen molar-refractivity contribution in [2.24, 2.45) is 5.92 Å². The van der Waals surface area contributed by atoms with E-state index in [4.69, 9.17) is 14.7 Å². The monoisotopic (exact) mass is 428 g/mol. The molecule has 0 aliphatic heterocycles. The first-order valence-electron chi connectivity index (χ1n) is 11.7. The number of aromatic nitrogens is 4. The fraction of sp³-hybridized carbons (Fsp3) is 0.423. The van der Waals surface area contributed by atoms with E-state index in [1.807, 2.05) is 12.1 Å². The van der Waals surface area contributed by atoms with Crippen molar-refractivity contribution in [1.82, 2.24) is 18.9 Å². The summed E-state index contributed by atoms with van der Waals surface area (Å²) in [4.78, 5) is 21.6. The lowest BCUT2D eigenvalue weighted by Gasteiger charge is -2.27. The minimum atomic E-state index is 0.447. The van der Waals surface area contributed by atoms with Gasteiger partial charge in [-0.05, 0) is 62.3 Å². The van der Waals surface area contributed by atoms with Crippen LogP contribution in [-0.2, 0) is 13.0 Å². The molecule has 0 N–H and O–H groups in total. The molecular formula is C26H28N4O2. The largest absolute Gasteiger partial charge is 0.482 e. The zero-order valence-corrected chi connectivity index (χ0v) is 18.7. The maximum Gasteiger partial charge on any atom is 0.199 e. The van der Waals surface area contributed by atoms with Gasteiger partial charge in [0.15, 0.2) is 5.88 Å². The number of pyridine rings is 2. The Kier molecular flexibility index (Phi) is 4.56. The molecule has 4 heterocycles. The highest BCUT2D eigenvalue weighted by molar-refractivity contribution is 5.85. The summed E-state index contributed by atoms with van der Waals surface area (Å²) in [7, 11) is 1.66. The average Bonchev–Trinajstić information content (AvgIpc) is 3.44. The normalized spacial score (nSPS) is 16.6. The molecule has 4 aromatic heterocycles. The minimum absolute atomic E-state index is 0.447. The van der Waals surface area contributed by atoms with E-state index in [2.05, 4.69) is 34.1 Å². The molecule has 0 unspecified atom stereocenters. The van der Waals surface area contributed by atoms with Gasteiger partial charge in [-0.25, -0.2) is 9.97 Å². The first-order chi connectivity index (χ1) is 15.7. The van der Waals surface area contributed by atoms with Gasteiger partial charge in [-0.2, -0.15) is 0 Å². The van der Waals surface area contributed by atoms with Crippen LogP contribution in [0, 0.1) is 5.92 Å². The molecule has 0 spiro atoms. The summed E-state index contributed by atoms with van der Waals surface area (Å²) in [6.07, 6.45) is 7.89. The Morgan fingerprint density at radius 1 is 1.12 bits per heavy atom. The van der Waals surface area contributed by atoms with Gasteiger partial charge in [0.05, 0.1) is 18.5 Å². The van der Waals surface area contributed by atoms with Gasteiger partial charge >= 0.3 is 0 Å². The van der Waals surface area contributed by atoms with Gasteiger partial charge in [-0.1, -0.05) is 13.3 Å². The van der Waals surface area contributed by atoms with Crippen molar-refractivity contribution in [1.29, 1.82) is 0 Å². The molecule has 0 amide bonds. The average molecular weight is 429 g/mol. The molecule has 0 aromatic carbocycles. The first kappa shape index (κ1) is 19.5. The van der Waals surface area contributed by atoms with Crippen molar-refractivity contribution in [2.75, 3.05) is 7.11 Å². The molecule has 6 rings (SSSR count). The van der Waals surface area contributed by atoms with Crippen LogP contribution < -0.4 is 4.74 Å². The zero-order chi connectivity index (χ0) is 21.8. The van der Waals surface area contributed by atoms with Crippen LogP contribution in [0.4, 0.5) is 0 Å². The summed E-state index contributed by atoms with van der Waals surface area (Å²) in [6, 6.07) is 10.2. The van der Waals surface area contributed by atoms with Crippen LogP contribution >= 0.6 is 0 Å². The second-order valence-electron chi connectivity index (χ2n) is 9.27. The Morgan fingerprint density at radius 2 is 1.97 bits per heavy atom. The van der Waals surface area contributed by atoms with Gasteiger partial charge in [0, 0.05) is 35.2 Å². The molecule has 0 bridgehead atoms. The summed E-state index contributed by atoms with van der Waals surface area (Å²) >= 11 is 0. The Morgan fingerprint density at radius 3 is 2.62 bits per heavy atom. The number of carbonyl (C=O) groups excluding carboxylic acids is 1. The number of nitrogens with zero attached hydrogens (tertiary/aromatic N) is 4. The summed E-state index contributed by atoms with van der Waals surface area (Å²) in [5.74, 6) is 1.83. The van der Waals surface area contributed by atoms with E-state index in [-0.39, 0.29) is 0 Å². The smallest absolute Gasteiger partial charge is 0.199 e. The number of carbonyl (C=O) groups is 1. The molecule has 6 nitrogen and oxygen atoms in total. The van der Waals surface area contributed by atoms with Gasteiger partial charge in [-0.3, -0.25) is 9.20 Å². The van der Waals surface area contributed by atoms with E-state index < -0.39 is 0 Å². The maximum absolute atomic E-state index is 11.5. The van der Waals surface area contributed by atoms with E-state index in [0.717, 1.165) is 71.8 Å². The van der Waals surface area contributed by atoms with E-state index in [1.165, 1.54) is 25.0 Å². The molecule has 0 saturated heterocycles. The van der Waals surface area contributed by atoms with Crippen LogP contribution in [0.1, 0.15) is 66.7 Å². The Bertz CT molecular complexity index is 1340. The molecule has 4 aromatic rings. The highest BCUT2D eigenvalue weighted by Crippen LogP contribution is 2.44. The number of hydrogen-bond donors (Lipinski definition) is 0. The topological polar surface area (TPSA) is 61.4 Å². The third-order valence-electron chi connectivity index (χ3n) is 7.13. The number of rotatable bonds is 7. The molecule has 0 radical (unpaired) electrons. The lowest BCUT2D eigenvalue weighted by Crippen LogP contribution is -2.14. The van der Waals surface area contributed by atoms with Crippen LogP contribution in [-0.4, -0.2) is 32.3 Å². The molecule has 2 fully saturated rings. The quantitative estimate of drug-likeness (QED) is 0.369. The zero-order valence-electron chi connectivity index (χ0n) is 18.7. The van der Waals surface area contributed by atoms with Crippen LogP contribution in [0.2, 0.25) is 0 Å². The second-order valence-corrected chi connectivity index (χ2v) is 9.27. The number of fused-ring (bicyclic) bond motifs is 2. The van der Waals surface area contributed by atoms with Crippen molar-refractivity contribution in [2.45, 2.75) is 57.9 Å². The molecule has 32 heavy (non-hydrogen) atoms. The van der Waals surface area contributed by atoms with Crippen molar-refractivity contribution in [3.8, 4) is 17.3 Å². The molecule has 2 aliphatic carbocycles. The van der Waals surface area contributed by atoms with Crippen LogP contribution in [0.3, 0.4) is 0 Å². The first-order valence-corrected chi connectivity index (χ1v) is 11.7. The summed E-state index contributed by atoms with van der Waals surface area (Å²) in [6.45, 7) is 3.13. The van der Waals surface area contributed by atoms with E-state index in [9.17, 15) is 4.79 Å². The summed E-state index contributed by atoms with van der Waals surface area (Å²) in [5.41, 5.74) is 6.87.